The molecule has 0 aliphatic heterocycles. The molecule has 1 aromatic carbocycles. The molecule has 3 nitrogen and oxygen atoms in total. The van der Waals surface area contributed by atoms with Crippen LogP contribution in [-0.4, -0.2) is 18.6 Å². The van der Waals surface area contributed by atoms with Gasteiger partial charge in [-0.25, -0.2) is 4.39 Å². The number of halogens is 1. The lowest BCUT2D eigenvalue weighted by molar-refractivity contribution is -0.932. The van der Waals surface area contributed by atoms with E-state index in [9.17, 15) is 14.3 Å². The summed E-state index contributed by atoms with van der Waals surface area (Å²) in [5.74, 6) is -1.32. The summed E-state index contributed by atoms with van der Waals surface area (Å²) in [6.07, 6.45) is 4.32. The van der Waals surface area contributed by atoms with Crippen LogP contribution in [0.1, 0.15) is 31.2 Å². The fourth-order valence-electron chi connectivity index (χ4n) is 2.76. The highest BCUT2D eigenvalue weighted by Gasteiger charge is 2.26. The van der Waals surface area contributed by atoms with E-state index in [4.69, 9.17) is 0 Å². The van der Waals surface area contributed by atoms with Crippen molar-refractivity contribution >= 4 is 5.97 Å². The fourth-order valence-corrected chi connectivity index (χ4v) is 2.76. The van der Waals surface area contributed by atoms with E-state index in [-0.39, 0.29) is 12.4 Å². The van der Waals surface area contributed by atoms with E-state index in [1.165, 1.54) is 6.07 Å². The SMILES string of the molecule is O=C([O-])C[NH+](Cc1ccccc1F)C1CCCC1. The third kappa shape index (κ3) is 3.29. The Morgan fingerprint density at radius 2 is 2.00 bits per heavy atom. The number of hydrogen-bond donors (Lipinski definition) is 1. The minimum absolute atomic E-state index is 0.0427. The number of carboxylic acid groups (broad SMARTS) is 1. The Kier molecular flexibility index (Phi) is 4.31. The first kappa shape index (κ1) is 13.0. The van der Waals surface area contributed by atoms with Crippen molar-refractivity contribution in [3.05, 3.63) is 35.6 Å². The van der Waals surface area contributed by atoms with Crippen LogP contribution >= 0.6 is 0 Å². The van der Waals surface area contributed by atoms with Crippen molar-refractivity contribution in [3.63, 3.8) is 0 Å². The van der Waals surface area contributed by atoms with Gasteiger partial charge in [0, 0.05) is 5.56 Å². The Balaban J connectivity index is 2.09. The van der Waals surface area contributed by atoms with E-state index in [1.807, 2.05) is 0 Å². The first-order valence-electron chi connectivity index (χ1n) is 6.44. The summed E-state index contributed by atoms with van der Waals surface area (Å²) in [4.78, 5) is 11.7. The van der Waals surface area contributed by atoms with Gasteiger partial charge >= 0.3 is 0 Å². The molecule has 0 saturated heterocycles. The number of nitrogens with one attached hydrogen (secondary N) is 1. The minimum atomic E-state index is -1.06. The van der Waals surface area contributed by atoms with Gasteiger partial charge in [0.25, 0.3) is 0 Å². The number of aliphatic carboxylic acids is 1. The van der Waals surface area contributed by atoms with Crippen molar-refractivity contribution in [2.24, 2.45) is 0 Å². The number of quaternary nitrogens is 1. The average Bonchev–Trinajstić information content (AvgIpc) is 2.84. The van der Waals surface area contributed by atoms with Crippen LogP contribution in [0.5, 0.6) is 0 Å². The topological polar surface area (TPSA) is 44.6 Å². The molecule has 0 amide bonds. The van der Waals surface area contributed by atoms with E-state index < -0.39 is 5.97 Å². The number of hydrogen-bond acceptors (Lipinski definition) is 2. The molecule has 1 unspecified atom stereocenters. The molecule has 1 N–H and O–H groups in total. The average molecular weight is 251 g/mol. The summed E-state index contributed by atoms with van der Waals surface area (Å²) in [5.41, 5.74) is 0.584. The molecule has 1 aromatic rings. The Hall–Kier alpha value is -1.42. The molecule has 4 heteroatoms. The standard InChI is InChI=1S/C14H18FNO2/c15-13-8-4-1-5-11(13)9-16(10-14(17)18)12-6-2-3-7-12/h1,4-5,8,12H,2-3,6-7,9-10H2,(H,17,18). The first-order valence-corrected chi connectivity index (χ1v) is 6.44. The molecule has 1 atom stereocenters. The van der Waals surface area contributed by atoms with E-state index in [0.29, 0.717) is 18.2 Å². The van der Waals surface area contributed by atoms with E-state index >= 15 is 0 Å². The van der Waals surface area contributed by atoms with Crippen molar-refractivity contribution in [3.8, 4) is 0 Å². The highest BCUT2D eigenvalue weighted by Crippen LogP contribution is 2.16. The smallest absolute Gasteiger partial charge is 0.132 e. The number of benzene rings is 1. The normalized spacial score (nSPS) is 17.8. The fraction of sp³-hybridized carbons (Fsp3) is 0.500. The Bertz CT molecular complexity index is 416. The highest BCUT2D eigenvalue weighted by atomic mass is 19.1. The molecule has 0 spiro atoms. The van der Waals surface area contributed by atoms with Gasteiger partial charge in [0.05, 0.1) is 12.0 Å². The van der Waals surface area contributed by atoms with Gasteiger partial charge in [-0.3, -0.25) is 0 Å². The van der Waals surface area contributed by atoms with Crippen molar-refractivity contribution in [2.45, 2.75) is 38.3 Å². The third-order valence-corrected chi connectivity index (χ3v) is 3.68. The molecule has 0 bridgehead atoms. The van der Waals surface area contributed by atoms with Gasteiger partial charge in [0.15, 0.2) is 0 Å². The predicted molar refractivity (Wildman–Crippen MR) is 63.2 cm³/mol. The summed E-state index contributed by atoms with van der Waals surface area (Å²) in [7, 11) is 0. The zero-order chi connectivity index (χ0) is 13.0. The molecule has 1 saturated carbocycles. The van der Waals surface area contributed by atoms with Crippen molar-refractivity contribution in [1.82, 2.24) is 0 Å². The van der Waals surface area contributed by atoms with Crippen LogP contribution in [-0.2, 0) is 11.3 Å². The zero-order valence-electron chi connectivity index (χ0n) is 10.3. The van der Waals surface area contributed by atoms with Gasteiger partial charge in [-0.05, 0) is 31.7 Å². The van der Waals surface area contributed by atoms with Crippen molar-refractivity contribution in [2.75, 3.05) is 6.54 Å². The van der Waals surface area contributed by atoms with Crippen LogP contribution in [0.4, 0.5) is 4.39 Å². The van der Waals surface area contributed by atoms with Crippen LogP contribution in [0, 0.1) is 5.82 Å². The zero-order valence-corrected chi connectivity index (χ0v) is 10.3. The Morgan fingerprint density at radius 3 is 2.61 bits per heavy atom. The molecule has 98 valence electrons. The summed E-state index contributed by atoms with van der Waals surface area (Å²) < 4.78 is 13.6. The lowest BCUT2D eigenvalue weighted by Crippen LogP contribution is -3.15. The van der Waals surface area contributed by atoms with Crippen molar-refractivity contribution in [1.29, 1.82) is 0 Å². The molecular formula is C14H18FNO2. The van der Waals surface area contributed by atoms with E-state index in [1.54, 1.807) is 18.2 Å². The van der Waals surface area contributed by atoms with Gasteiger partial charge < -0.3 is 14.8 Å². The van der Waals surface area contributed by atoms with Crippen LogP contribution in [0.3, 0.4) is 0 Å². The molecular weight excluding hydrogens is 233 g/mol. The number of carbonyl (C=O) groups is 1. The maximum Gasteiger partial charge on any atom is 0.132 e. The largest absolute Gasteiger partial charge is 0.544 e. The van der Waals surface area contributed by atoms with E-state index in [2.05, 4.69) is 0 Å². The molecule has 2 rings (SSSR count). The lowest BCUT2D eigenvalue weighted by Gasteiger charge is -2.26. The van der Waals surface area contributed by atoms with Gasteiger partial charge in [-0.1, -0.05) is 18.2 Å². The molecule has 0 heterocycles. The summed E-state index contributed by atoms with van der Waals surface area (Å²) in [5, 5.41) is 10.8. The monoisotopic (exact) mass is 251 g/mol. The second kappa shape index (κ2) is 5.96. The van der Waals surface area contributed by atoms with Crippen LogP contribution in [0.2, 0.25) is 0 Å². The van der Waals surface area contributed by atoms with Gasteiger partial charge in [0.2, 0.25) is 0 Å². The molecule has 1 aliphatic rings. The maximum absolute atomic E-state index is 13.6. The highest BCUT2D eigenvalue weighted by molar-refractivity contribution is 5.65. The first-order chi connectivity index (χ1) is 8.66. The van der Waals surface area contributed by atoms with Gasteiger partial charge in [-0.2, -0.15) is 0 Å². The molecule has 1 fully saturated rings. The molecule has 1 aliphatic carbocycles. The van der Waals surface area contributed by atoms with Gasteiger partial charge in [0.1, 0.15) is 18.9 Å². The third-order valence-electron chi connectivity index (χ3n) is 3.68. The van der Waals surface area contributed by atoms with Crippen LogP contribution < -0.4 is 10.0 Å². The van der Waals surface area contributed by atoms with Crippen molar-refractivity contribution < 1.29 is 19.2 Å². The maximum atomic E-state index is 13.6. The number of carboxylic acids is 1. The second-order valence-corrected chi connectivity index (χ2v) is 4.96. The quantitative estimate of drug-likeness (QED) is 0.794. The van der Waals surface area contributed by atoms with Gasteiger partial charge in [-0.15, -0.1) is 0 Å². The number of rotatable bonds is 5. The molecule has 0 aromatic heterocycles. The summed E-state index contributed by atoms with van der Waals surface area (Å²) >= 11 is 0. The van der Waals surface area contributed by atoms with E-state index in [0.717, 1.165) is 30.6 Å². The number of carbonyl (C=O) groups excluding carboxylic acids is 1. The minimum Gasteiger partial charge on any atom is -0.544 e. The molecule has 18 heavy (non-hydrogen) atoms. The van der Waals surface area contributed by atoms with Crippen LogP contribution in [0.25, 0.3) is 0 Å². The Labute approximate surface area is 106 Å². The van der Waals surface area contributed by atoms with Crippen LogP contribution in [0.15, 0.2) is 24.3 Å². The lowest BCUT2D eigenvalue weighted by atomic mass is 10.1. The summed E-state index contributed by atoms with van der Waals surface area (Å²) in [6, 6.07) is 6.89. The summed E-state index contributed by atoms with van der Waals surface area (Å²) in [6.45, 7) is 0.379. The predicted octanol–water partition coefficient (Wildman–Crippen LogP) is -0.0969. The second-order valence-electron chi connectivity index (χ2n) is 4.96. The molecule has 0 radical (unpaired) electrons. The Morgan fingerprint density at radius 1 is 1.33 bits per heavy atom.